The van der Waals surface area contributed by atoms with E-state index in [9.17, 15) is 4.79 Å². The van der Waals surface area contributed by atoms with Crippen molar-refractivity contribution in [1.29, 1.82) is 0 Å². The van der Waals surface area contributed by atoms with Crippen LogP contribution in [0.1, 0.15) is 22.3 Å². The molecular formula is C11H12BrClO2. The number of aryl methyl sites for hydroxylation is 1. The molecule has 15 heavy (non-hydrogen) atoms. The standard InChI is InChI=1S/C11H12BrClO2/c1-8-5-10(12)6-9(7-14)11(8)15-4-2-3-13/h5-7H,2-4H2,1H3. The highest BCUT2D eigenvalue weighted by Gasteiger charge is 2.07. The molecule has 0 aromatic heterocycles. The molecule has 0 fully saturated rings. The van der Waals surface area contributed by atoms with E-state index >= 15 is 0 Å². The van der Waals surface area contributed by atoms with Crippen molar-refractivity contribution in [2.45, 2.75) is 13.3 Å². The van der Waals surface area contributed by atoms with Crippen LogP contribution in [0.4, 0.5) is 0 Å². The Morgan fingerprint density at radius 2 is 2.27 bits per heavy atom. The number of rotatable bonds is 5. The number of aldehydes is 1. The molecule has 0 spiro atoms. The molecule has 2 nitrogen and oxygen atoms in total. The molecule has 0 heterocycles. The minimum atomic E-state index is 0.535. The van der Waals surface area contributed by atoms with Crippen LogP contribution in [0, 0.1) is 6.92 Å². The van der Waals surface area contributed by atoms with E-state index in [0.717, 1.165) is 22.7 Å². The van der Waals surface area contributed by atoms with Gasteiger partial charge < -0.3 is 4.74 Å². The zero-order chi connectivity index (χ0) is 11.3. The first-order valence-corrected chi connectivity index (χ1v) is 5.96. The average Bonchev–Trinajstić information content (AvgIpc) is 2.20. The lowest BCUT2D eigenvalue weighted by atomic mass is 10.1. The smallest absolute Gasteiger partial charge is 0.153 e. The first-order chi connectivity index (χ1) is 7.19. The Morgan fingerprint density at radius 3 is 2.87 bits per heavy atom. The van der Waals surface area contributed by atoms with Gasteiger partial charge in [-0.15, -0.1) is 11.6 Å². The van der Waals surface area contributed by atoms with Crippen LogP contribution in [0.5, 0.6) is 5.75 Å². The number of halogens is 2. The number of hydrogen-bond donors (Lipinski definition) is 0. The zero-order valence-electron chi connectivity index (χ0n) is 8.43. The topological polar surface area (TPSA) is 26.3 Å². The van der Waals surface area contributed by atoms with Gasteiger partial charge in [-0.2, -0.15) is 0 Å². The molecule has 0 aliphatic heterocycles. The van der Waals surface area contributed by atoms with Crippen LogP contribution in [0.3, 0.4) is 0 Å². The second-order valence-electron chi connectivity index (χ2n) is 3.15. The van der Waals surface area contributed by atoms with Crippen LogP contribution in [-0.4, -0.2) is 18.8 Å². The van der Waals surface area contributed by atoms with Crippen LogP contribution in [-0.2, 0) is 0 Å². The minimum absolute atomic E-state index is 0.535. The molecule has 1 rings (SSSR count). The predicted molar refractivity (Wildman–Crippen MR) is 65.1 cm³/mol. The minimum Gasteiger partial charge on any atom is -0.493 e. The fraction of sp³-hybridized carbons (Fsp3) is 0.364. The lowest BCUT2D eigenvalue weighted by Gasteiger charge is -2.11. The molecule has 0 N–H and O–H groups in total. The molecule has 0 aliphatic rings. The Hall–Kier alpha value is -0.540. The van der Waals surface area contributed by atoms with E-state index in [1.54, 1.807) is 6.07 Å². The van der Waals surface area contributed by atoms with E-state index in [4.69, 9.17) is 16.3 Å². The summed E-state index contributed by atoms with van der Waals surface area (Å²) in [6.07, 6.45) is 1.57. The maximum Gasteiger partial charge on any atom is 0.153 e. The van der Waals surface area contributed by atoms with Crippen molar-refractivity contribution in [2.75, 3.05) is 12.5 Å². The molecule has 0 radical (unpaired) electrons. The van der Waals surface area contributed by atoms with Gasteiger partial charge in [0.2, 0.25) is 0 Å². The molecular weight excluding hydrogens is 279 g/mol. The lowest BCUT2D eigenvalue weighted by Crippen LogP contribution is -2.02. The van der Waals surface area contributed by atoms with Crippen molar-refractivity contribution in [3.8, 4) is 5.75 Å². The number of benzene rings is 1. The molecule has 0 amide bonds. The highest BCUT2D eigenvalue weighted by molar-refractivity contribution is 9.10. The molecule has 0 bridgehead atoms. The summed E-state index contributed by atoms with van der Waals surface area (Å²) < 4.78 is 6.40. The Bertz CT molecular complexity index is 353. The normalized spacial score (nSPS) is 10.1. The Morgan fingerprint density at radius 1 is 1.53 bits per heavy atom. The molecule has 1 aromatic carbocycles. The molecule has 0 unspecified atom stereocenters. The summed E-state index contributed by atoms with van der Waals surface area (Å²) in [4.78, 5) is 10.8. The van der Waals surface area contributed by atoms with Crippen LogP contribution < -0.4 is 4.74 Å². The molecule has 0 saturated carbocycles. The number of ether oxygens (including phenoxy) is 1. The van der Waals surface area contributed by atoms with E-state index < -0.39 is 0 Å². The highest BCUT2D eigenvalue weighted by Crippen LogP contribution is 2.26. The van der Waals surface area contributed by atoms with Gasteiger partial charge in [0.15, 0.2) is 6.29 Å². The zero-order valence-corrected chi connectivity index (χ0v) is 10.8. The van der Waals surface area contributed by atoms with E-state index in [0.29, 0.717) is 23.8 Å². The molecule has 0 saturated heterocycles. The van der Waals surface area contributed by atoms with E-state index in [2.05, 4.69) is 15.9 Å². The number of carbonyl (C=O) groups excluding carboxylic acids is 1. The highest BCUT2D eigenvalue weighted by atomic mass is 79.9. The summed E-state index contributed by atoms with van der Waals surface area (Å²) in [6, 6.07) is 3.67. The van der Waals surface area contributed by atoms with Gasteiger partial charge >= 0.3 is 0 Å². The average molecular weight is 292 g/mol. The van der Waals surface area contributed by atoms with E-state index in [1.165, 1.54) is 0 Å². The van der Waals surface area contributed by atoms with Crippen LogP contribution in [0.2, 0.25) is 0 Å². The largest absolute Gasteiger partial charge is 0.493 e. The first kappa shape index (κ1) is 12.5. The summed E-state index contributed by atoms with van der Waals surface area (Å²) in [5.41, 5.74) is 1.51. The van der Waals surface area contributed by atoms with Crippen molar-refractivity contribution >= 4 is 33.8 Å². The van der Waals surface area contributed by atoms with Crippen molar-refractivity contribution in [2.24, 2.45) is 0 Å². The third-order valence-electron chi connectivity index (χ3n) is 1.92. The third kappa shape index (κ3) is 3.50. The van der Waals surface area contributed by atoms with Gasteiger partial charge in [-0.25, -0.2) is 0 Å². The van der Waals surface area contributed by atoms with Crippen molar-refractivity contribution in [1.82, 2.24) is 0 Å². The van der Waals surface area contributed by atoms with Crippen molar-refractivity contribution < 1.29 is 9.53 Å². The van der Waals surface area contributed by atoms with Gasteiger partial charge in [-0.05, 0) is 31.0 Å². The van der Waals surface area contributed by atoms with Crippen LogP contribution in [0.25, 0.3) is 0 Å². The van der Waals surface area contributed by atoms with Crippen molar-refractivity contribution in [3.63, 3.8) is 0 Å². The van der Waals surface area contributed by atoms with Gasteiger partial charge in [-0.1, -0.05) is 15.9 Å². The Kier molecular flexibility index (Phi) is 5.12. The lowest BCUT2D eigenvalue weighted by molar-refractivity contribution is 0.111. The Labute approximate surface area is 103 Å². The molecule has 0 atom stereocenters. The predicted octanol–water partition coefficient (Wildman–Crippen LogP) is 3.58. The van der Waals surface area contributed by atoms with Gasteiger partial charge in [0.1, 0.15) is 5.75 Å². The Balaban J connectivity index is 2.89. The number of alkyl halides is 1. The quantitative estimate of drug-likeness (QED) is 0.471. The van der Waals surface area contributed by atoms with Crippen LogP contribution in [0.15, 0.2) is 16.6 Å². The molecule has 0 aliphatic carbocycles. The summed E-state index contributed by atoms with van der Waals surface area (Å²) in [6.45, 7) is 2.45. The first-order valence-electron chi connectivity index (χ1n) is 4.63. The fourth-order valence-corrected chi connectivity index (χ4v) is 1.97. The van der Waals surface area contributed by atoms with Crippen LogP contribution >= 0.6 is 27.5 Å². The summed E-state index contributed by atoms with van der Waals surface area (Å²) in [5.74, 6) is 1.21. The molecule has 4 heteroatoms. The monoisotopic (exact) mass is 290 g/mol. The maximum absolute atomic E-state index is 10.8. The third-order valence-corrected chi connectivity index (χ3v) is 2.64. The second kappa shape index (κ2) is 6.13. The second-order valence-corrected chi connectivity index (χ2v) is 4.44. The fourth-order valence-electron chi connectivity index (χ4n) is 1.27. The number of carbonyl (C=O) groups is 1. The summed E-state index contributed by atoms with van der Waals surface area (Å²) in [7, 11) is 0. The van der Waals surface area contributed by atoms with Crippen molar-refractivity contribution in [3.05, 3.63) is 27.7 Å². The maximum atomic E-state index is 10.8. The van der Waals surface area contributed by atoms with E-state index in [-0.39, 0.29) is 0 Å². The SMILES string of the molecule is Cc1cc(Br)cc(C=O)c1OCCCCl. The van der Waals surface area contributed by atoms with Gasteiger partial charge in [0.05, 0.1) is 12.2 Å². The molecule has 82 valence electrons. The van der Waals surface area contributed by atoms with Gasteiger partial charge in [0.25, 0.3) is 0 Å². The van der Waals surface area contributed by atoms with Gasteiger partial charge in [0, 0.05) is 10.4 Å². The molecule has 1 aromatic rings. The van der Waals surface area contributed by atoms with Gasteiger partial charge in [-0.3, -0.25) is 4.79 Å². The number of hydrogen-bond acceptors (Lipinski definition) is 2. The summed E-state index contributed by atoms with van der Waals surface area (Å²) in [5, 5.41) is 0. The summed E-state index contributed by atoms with van der Waals surface area (Å²) >= 11 is 8.88. The van der Waals surface area contributed by atoms with E-state index in [1.807, 2.05) is 13.0 Å².